The lowest BCUT2D eigenvalue weighted by Gasteiger charge is -2.07. The average molecular weight is 357 g/mol. The number of alkyl halides is 3. The maximum Gasteiger partial charge on any atom is 0.433 e. The van der Waals surface area contributed by atoms with Crippen molar-refractivity contribution in [1.82, 2.24) is 15.3 Å². The van der Waals surface area contributed by atoms with Gasteiger partial charge in [-0.1, -0.05) is 42.1 Å². The summed E-state index contributed by atoms with van der Waals surface area (Å²) in [7, 11) is 0. The fourth-order valence-electron chi connectivity index (χ4n) is 1.82. The van der Waals surface area contributed by atoms with Crippen LogP contribution in [0.4, 0.5) is 13.2 Å². The molecule has 0 aliphatic heterocycles. The molecule has 1 aromatic carbocycles. The number of nitrogens with zero attached hydrogens (tertiary/aromatic N) is 1. The van der Waals surface area contributed by atoms with Crippen LogP contribution in [-0.2, 0) is 17.4 Å². The van der Waals surface area contributed by atoms with Crippen molar-refractivity contribution in [2.24, 2.45) is 0 Å². The van der Waals surface area contributed by atoms with Crippen LogP contribution in [0.2, 0.25) is 0 Å². The predicted octanol–water partition coefficient (Wildman–Crippen LogP) is 2.24. The lowest BCUT2D eigenvalue weighted by atomic mass is 10.1. The topological polar surface area (TPSA) is 74.8 Å². The zero-order valence-electron chi connectivity index (χ0n) is 12.4. The number of H-pyrrole nitrogens is 1. The number of thioether (sulfide) groups is 1. The van der Waals surface area contributed by atoms with E-state index in [1.54, 1.807) is 0 Å². The molecular weight excluding hydrogens is 343 g/mol. The van der Waals surface area contributed by atoms with Crippen molar-refractivity contribution < 1.29 is 18.0 Å². The van der Waals surface area contributed by atoms with Gasteiger partial charge in [-0.2, -0.15) is 13.2 Å². The maximum absolute atomic E-state index is 12.6. The molecule has 0 bridgehead atoms. The van der Waals surface area contributed by atoms with Crippen LogP contribution < -0.4 is 10.9 Å². The van der Waals surface area contributed by atoms with Gasteiger partial charge in [0.15, 0.2) is 10.9 Å². The van der Waals surface area contributed by atoms with E-state index in [4.69, 9.17) is 0 Å². The second kappa shape index (κ2) is 8.00. The van der Waals surface area contributed by atoms with E-state index in [2.05, 4.69) is 15.3 Å². The van der Waals surface area contributed by atoms with Crippen LogP contribution in [0.1, 0.15) is 11.3 Å². The standard InChI is InChI=1S/C15H14F3N3O2S/c16-15(17,18)11-8-12(22)21-14(20-11)24-9-13(23)19-7-6-10-4-2-1-3-5-10/h1-5,8H,6-7,9H2,(H,19,23)(H,20,21,22). The summed E-state index contributed by atoms with van der Waals surface area (Å²) in [5.74, 6) is -0.491. The third-order valence-corrected chi connectivity index (χ3v) is 3.80. The van der Waals surface area contributed by atoms with Crippen LogP contribution in [0.25, 0.3) is 0 Å². The number of amides is 1. The second-order valence-electron chi connectivity index (χ2n) is 4.81. The summed E-state index contributed by atoms with van der Waals surface area (Å²) >= 11 is 0.741. The maximum atomic E-state index is 12.6. The molecule has 2 N–H and O–H groups in total. The highest BCUT2D eigenvalue weighted by molar-refractivity contribution is 7.99. The number of nitrogens with one attached hydrogen (secondary N) is 2. The number of halogens is 3. The van der Waals surface area contributed by atoms with Crippen LogP contribution in [0, 0.1) is 0 Å². The van der Waals surface area contributed by atoms with Crippen molar-refractivity contribution in [2.75, 3.05) is 12.3 Å². The Bertz CT molecular complexity index is 748. The molecule has 128 valence electrons. The molecule has 0 saturated heterocycles. The van der Waals surface area contributed by atoms with Crippen molar-refractivity contribution in [3.8, 4) is 0 Å². The Morgan fingerprint density at radius 1 is 1.25 bits per heavy atom. The minimum absolute atomic E-state index is 0.140. The lowest BCUT2D eigenvalue weighted by Crippen LogP contribution is -2.27. The van der Waals surface area contributed by atoms with Crippen LogP contribution in [0.3, 0.4) is 0 Å². The second-order valence-corrected chi connectivity index (χ2v) is 5.77. The molecule has 0 atom stereocenters. The van der Waals surface area contributed by atoms with Gasteiger partial charge in [-0.3, -0.25) is 9.59 Å². The summed E-state index contributed by atoms with van der Waals surface area (Å²) in [5.41, 5.74) is -1.13. The first-order chi connectivity index (χ1) is 11.3. The summed E-state index contributed by atoms with van der Waals surface area (Å²) < 4.78 is 37.7. The van der Waals surface area contributed by atoms with Gasteiger partial charge in [-0.05, 0) is 12.0 Å². The van der Waals surface area contributed by atoms with E-state index in [9.17, 15) is 22.8 Å². The number of benzene rings is 1. The summed E-state index contributed by atoms with van der Waals surface area (Å²) in [6.45, 7) is 0.413. The fourth-order valence-corrected chi connectivity index (χ4v) is 2.53. The molecule has 24 heavy (non-hydrogen) atoms. The van der Waals surface area contributed by atoms with E-state index < -0.39 is 17.4 Å². The van der Waals surface area contributed by atoms with E-state index in [0.717, 1.165) is 17.3 Å². The SMILES string of the molecule is O=C(CSc1nc(C(F)(F)F)cc(=O)[nH]1)NCCc1ccccc1. The lowest BCUT2D eigenvalue weighted by molar-refractivity contribution is -0.141. The van der Waals surface area contributed by atoms with Gasteiger partial charge in [0.1, 0.15) is 0 Å². The average Bonchev–Trinajstić information content (AvgIpc) is 2.53. The molecule has 1 amide bonds. The smallest absolute Gasteiger partial charge is 0.355 e. The Balaban J connectivity index is 1.83. The number of aromatic amines is 1. The van der Waals surface area contributed by atoms with Gasteiger partial charge in [0, 0.05) is 12.6 Å². The quantitative estimate of drug-likeness (QED) is 0.614. The molecule has 0 unspecified atom stereocenters. The van der Waals surface area contributed by atoms with E-state index >= 15 is 0 Å². The van der Waals surface area contributed by atoms with Crippen molar-refractivity contribution >= 4 is 17.7 Å². The van der Waals surface area contributed by atoms with Gasteiger partial charge in [0.25, 0.3) is 5.56 Å². The molecule has 1 aromatic heterocycles. The Labute approximate surface area is 139 Å². The first-order valence-corrected chi connectivity index (χ1v) is 7.95. The molecular formula is C15H14F3N3O2S. The molecule has 9 heteroatoms. The van der Waals surface area contributed by atoms with Crippen LogP contribution in [0.15, 0.2) is 46.3 Å². The number of hydrogen-bond donors (Lipinski definition) is 2. The van der Waals surface area contributed by atoms with Gasteiger partial charge in [0.05, 0.1) is 5.75 Å². The molecule has 0 aliphatic carbocycles. The van der Waals surface area contributed by atoms with Gasteiger partial charge in [-0.25, -0.2) is 4.98 Å². The minimum Gasteiger partial charge on any atom is -0.355 e. The van der Waals surface area contributed by atoms with Crippen LogP contribution in [0.5, 0.6) is 0 Å². The number of rotatable bonds is 6. The molecule has 1 heterocycles. The van der Waals surface area contributed by atoms with E-state index in [-0.39, 0.29) is 16.8 Å². The minimum atomic E-state index is -4.71. The van der Waals surface area contributed by atoms with Crippen molar-refractivity contribution in [2.45, 2.75) is 17.8 Å². The normalized spacial score (nSPS) is 11.3. The Morgan fingerprint density at radius 3 is 2.62 bits per heavy atom. The Hall–Kier alpha value is -2.29. The van der Waals surface area contributed by atoms with Crippen molar-refractivity contribution in [3.05, 3.63) is 58.0 Å². The summed E-state index contributed by atoms with van der Waals surface area (Å²) in [6, 6.07) is 9.91. The van der Waals surface area contributed by atoms with Crippen LogP contribution >= 0.6 is 11.8 Å². The van der Waals surface area contributed by atoms with Crippen molar-refractivity contribution in [1.29, 1.82) is 0 Å². The predicted molar refractivity (Wildman–Crippen MR) is 83.7 cm³/mol. The summed E-state index contributed by atoms with van der Waals surface area (Å²) in [6.07, 6.45) is -4.06. The van der Waals surface area contributed by atoms with E-state index in [1.807, 2.05) is 30.3 Å². The van der Waals surface area contributed by atoms with Gasteiger partial charge < -0.3 is 10.3 Å². The third kappa shape index (κ3) is 5.73. The van der Waals surface area contributed by atoms with Gasteiger partial charge in [0.2, 0.25) is 5.91 Å². The molecule has 0 saturated carbocycles. The largest absolute Gasteiger partial charge is 0.433 e. The molecule has 0 spiro atoms. The zero-order chi connectivity index (χ0) is 17.6. The summed E-state index contributed by atoms with van der Waals surface area (Å²) in [4.78, 5) is 28.4. The molecule has 0 aliphatic rings. The Kier molecular flexibility index (Phi) is 6.02. The molecule has 2 rings (SSSR count). The highest BCUT2D eigenvalue weighted by Gasteiger charge is 2.33. The molecule has 5 nitrogen and oxygen atoms in total. The van der Waals surface area contributed by atoms with E-state index in [0.29, 0.717) is 19.0 Å². The van der Waals surface area contributed by atoms with Gasteiger partial charge in [-0.15, -0.1) is 0 Å². The van der Waals surface area contributed by atoms with Crippen LogP contribution in [-0.4, -0.2) is 28.2 Å². The first-order valence-electron chi connectivity index (χ1n) is 6.96. The Morgan fingerprint density at radius 2 is 1.96 bits per heavy atom. The number of carbonyl (C=O) groups excluding carboxylic acids is 1. The zero-order valence-corrected chi connectivity index (χ0v) is 13.2. The number of aromatic nitrogens is 2. The monoisotopic (exact) mass is 357 g/mol. The first kappa shape index (κ1) is 18.1. The molecule has 0 fully saturated rings. The van der Waals surface area contributed by atoms with E-state index in [1.165, 1.54) is 0 Å². The number of hydrogen-bond acceptors (Lipinski definition) is 4. The highest BCUT2D eigenvalue weighted by atomic mass is 32.2. The molecule has 2 aromatic rings. The highest BCUT2D eigenvalue weighted by Crippen LogP contribution is 2.27. The summed E-state index contributed by atoms with van der Waals surface area (Å²) in [5, 5.41) is 2.42. The third-order valence-electron chi connectivity index (χ3n) is 2.93. The molecule has 0 radical (unpaired) electrons. The fraction of sp³-hybridized carbons (Fsp3) is 0.267. The number of carbonyl (C=O) groups is 1. The van der Waals surface area contributed by atoms with Gasteiger partial charge >= 0.3 is 6.18 Å². The van der Waals surface area contributed by atoms with Crippen molar-refractivity contribution in [3.63, 3.8) is 0 Å².